The highest BCUT2D eigenvalue weighted by Gasteiger charge is 2.26. The molecule has 0 bridgehead atoms. The maximum atomic E-state index is 12.7. The molecule has 1 aliphatic heterocycles. The number of amides is 1. The molecule has 0 radical (unpaired) electrons. The van der Waals surface area contributed by atoms with E-state index in [-0.39, 0.29) is 11.8 Å². The number of hydrogen-bond donors (Lipinski definition) is 2. The van der Waals surface area contributed by atoms with E-state index in [1.54, 1.807) is 0 Å². The highest BCUT2D eigenvalue weighted by atomic mass is 16.1. The lowest BCUT2D eigenvalue weighted by atomic mass is 9.96. The largest absolute Gasteiger partial charge is 0.378 e. The summed E-state index contributed by atoms with van der Waals surface area (Å²) in [6.45, 7) is 12.0. The van der Waals surface area contributed by atoms with E-state index in [4.69, 9.17) is 0 Å². The zero-order valence-electron chi connectivity index (χ0n) is 21.6. The first kappa shape index (κ1) is 25.7. The van der Waals surface area contributed by atoms with Crippen molar-refractivity contribution in [3.63, 3.8) is 0 Å². The van der Waals surface area contributed by atoms with Gasteiger partial charge >= 0.3 is 0 Å². The number of anilines is 4. The molecular weight excluding hydrogens is 426 g/mol. The van der Waals surface area contributed by atoms with Gasteiger partial charge in [0.2, 0.25) is 5.91 Å². The molecular formula is C26H41N7O. The van der Waals surface area contributed by atoms with E-state index in [1.807, 2.05) is 38.4 Å². The third-order valence-corrected chi connectivity index (χ3v) is 6.47. The lowest BCUT2D eigenvalue weighted by Crippen LogP contribution is -2.45. The Kier molecular flexibility index (Phi) is 9.10. The standard InChI is InChI=1S/C26H41N7O/c1-19(2)33(20(3)4)17-14-27-26(34)21-12-15-32(16-13-21)25-11-10-24(29-30-25)28-22-8-7-9-23(18-22)31(5)6/h7-11,18-21H,12-17H2,1-6H3,(H,27,34)(H,28,29). The Hall–Kier alpha value is -2.87. The Balaban J connectivity index is 1.46. The molecule has 0 spiro atoms. The fourth-order valence-corrected chi connectivity index (χ4v) is 4.51. The van der Waals surface area contributed by atoms with Crippen LogP contribution in [0.25, 0.3) is 0 Å². The number of aromatic nitrogens is 2. The summed E-state index contributed by atoms with van der Waals surface area (Å²) >= 11 is 0. The number of hydrogen-bond acceptors (Lipinski definition) is 7. The average molecular weight is 468 g/mol. The van der Waals surface area contributed by atoms with Crippen LogP contribution in [-0.4, -0.2) is 73.4 Å². The molecule has 0 atom stereocenters. The summed E-state index contributed by atoms with van der Waals surface area (Å²) in [5.41, 5.74) is 2.10. The average Bonchev–Trinajstić information content (AvgIpc) is 2.82. The molecule has 1 aromatic heterocycles. The molecule has 3 rings (SSSR count). The monoisotopic (exact) mass is 467 g/mol. The Morgan fingerprint density at radius 3 is 2.35 bits per heavy atom. The number of piperidine rings is 1. The van der Waals surface area contributed by atoms with E-state index < -0.39 is 0 Å². The van der Waals surface area contributed by atoms with Crippen molar-refractivity contribution in [2.24, 2.45) is 5.92 Å². The van der Waals surface area contributed by atoms with Crippen molar-refractivity contribution < 1.29 is 4.79 Å². The summed E-state index contributed by atoms with van der Waals surface area (Å²) in [4.78, 5) is 19.3. The molecule has 0 saturated carbocycles. The van der Waals surface area contributed by atoms with Crippen LogP contribution < -0.4 is 20.4 Å². The lowest BCUT2D eigenvalue weighted by molar-refractivity contribution is -0.125. The minimum absolute atomic E-state index is 0.0701. The number of benzene rings is 1. The molecule has 0 unspecified atom stereocenters. The topological polar surface area (TPSA) is 76.6 Å². The summed E-state index contributed by atoms with van der Waals surface area (Å²) in [5.74, 6) is 1.82. The molecule has 1 fully saturated rings. The van der Waals surface area contributed by atoms with E-state index in [9.17, 15) is 4.79 Å². The van der Waals surface area contributed by atoms with E-state index in [2.05, 4.69) is 75.4 Å². The third-order valence-electron chi connectivity index (χ3n) is 6.47. The minimum atomic E-state index is 0.0701. The molecule has 8 heteroatoms. The molecule has 2 aromatic rings. The van der Waals surface area contributed by atoms with Gasteiger partial charge in [0.15, 0.2) is 11.6 Å². The normalized spacial score (nSPS) is 14.7. The van der Waals surface area contributed by atoms with Gasteiger partial charge in [0.1, 0.15) is 0 Å². The highest BCUT2D eigenvalue weighted by molar-refractivity contribution is 5.79. The number of nitrogens with zero attached hydrogens (tertiary/aromatic N) is 5. The van der Waals surface area contributed by atoms with Gasteiger partial charge in [-0.15, -0.1) is 10.2 Å². The van der Waals surface area contributed by atoms with Crippen LogP contribution in [0.4, 0.5) is 23.0 Å². The number of carbonyl (C=O) groups is 1. The highest BCUT2D eigenvalue weighted by Crippen LogP contribution is 2.24. The van der Waals surface area contributed by atoms with Gasteiger partial charge in [-0.1, -0.05) is 6.07 Å². The molecule has 8 nitrogen and oxygen atoms in total. The molecule has 1 aromatic carbocycles. The molecule has 1 amide bonds. The second-order valence-electron chi connectivity index (χ2n) is 9.82. The maximum Gasteiger partial charge on any atom is 0.223 e. The van der Waals surface area contributed by atoms with Crippen molar-refractivity contribution in [2.75, 3.05) is 55.4 Å². The number of rotatable bonds is 10. The molecule has 186 valence electrons. The van der Waals surface area contributed by atoms with Gasteiger partial charge in [0, 0.05) is 69.7 Å². The molecule has 34 heavy (non-hydrogen) atoms. The van der Waals surface area contributed by atoms with E-state index in [0.29, 0.717) is 24.4 Å². The SMILES string of the molecule is CC(C)N(CCNC(=O)C1CCN(c2ccc(Nc3cccc(N(C)C)c3)nn2)CC1)C(C)C. The molecule has 2 heterocycles. The second kappa shape index (κ2) is 12.0. The zero-order chi connectivity index (χ0) is 24.7. The summed E-state index contributed by atoms with van der Waals surface area (Å²) in [6, 6.07) is 13.1. The van der Waals surface area contributed by atoms with Gasteiger partial charge in [0.05, 0.1) is 0 Å². The summed E-state index contributed by atoms with van der Waals surface area (Å²) < 4.78 is 0. The number of nitrogens with one attached hydrogen (secondary N) is 2. The van der Waals surface area contributed by atoms with Gasteiger partial charge < -0.3 is 20.4 Å². The van der Waals surface area contributed by atoms with Crippen molar-refractivity contribution in [1.29, 1.82) is 0 Å². The molecule has 0 aliphatic carbocycles. The quantitative estimate of drug-likeness (QED) is 0.551. The van der Waals surface area contributed by atoms with Crippen LogP contribution in [0.2, 0.25) is 0 Å². The van der Waals surface area contributed by atoms with Crippen LogP contribution in [0.5, 0.6) is 0 Å². The van der Waals surface area contributed by atoms with Crippen molar-refractivity contribution in [2.45, 2.75) is 52.6 Å². The third kappa shape index (κ3) is 7.06. The van der Waals surface area contributed by atoms with Crippen LogP contribution >= 0.6 is 0 Å². The summed E-state index contributed by atoms with van der Waals surface area (Å²) in [7, 11) is 4.04. The van der Waals surface area contributed by atoms with Crippen LogP contribution in [0, 0.1) is 5.92 Å². The fraction of sp³-hybridized carbons (Fsp3) is 0.577. The van der Waals surface area contributed by atoms with E-state index in [0.717, 1.165) is 49.7 Å². The van der Waals surface area contributed by atoms with Crippen molar-refractivity contribution >= 4 is 28.9 Å². The van der Waals surface area contributed by atoms with Gasteiger partial charge in [-0.2, -0.15) is 0 Å². The van der Waals surface area contributed by atoms with Crippen molar-refractivity contribution in [3.05, 3.63) is 36.4 Å². The van der Waals surface area contributed by atoms with E-state index >= 15 is 0 Å². The molecule has 1 saturated heterocycles. The first-order valence-corrected chi connectivity index (χ1v) is 12.4. The predicted octanol–water partition coefficient (Wildman–Crippen LogP) is 3.74. The van der Waals surface area contributed by atoms with E-state index in [1.165, 1.54) is 0 Å². The molecule has 1 aliphatic rings. The van der Waals surface area contributed by atoms with Crippen LogP contribution in [0.1, 0.15) is 40.5 Å². The van der Waals surface area contributed by atoms with Crippen LogP contribution in [0.15, 0.2) is 36.4 Å². The summed E-state index contributed by atoms with van der Waals surface area (Å²) in [5, 5.41) is 15.3. The summed E-state index contributed by atoms with van der Waals surface area (Å²) in [6.07, 6.45) is 1.67. The first-order valence-electron chi connectivity index (χ1n) is 12.4. The molecule has 2 N–H and O–H groups in total. The van der Waals surface area contributed by atoms with Gasteiger partial charge in [-0.05, 0) is 70.9 Å². The predicted molar refractivity (Wildman–Crippen MR) is 141 cm³/mol. The Bertz CT molecular complexity index is 898. The van der Waals surface area contributed by atoms with Crippen molar-refractivity contribution in [3.8, 4) is 0 Å². The fourth-order valence-electron chi connectivity index (χ4n) is 4.51. The van der Waals surface area contributed by atoms with Gasteiger partial charge in [0.25, 0.3) is 0 Å². The first-order chi connectivity index (χ1) is 16.2. The maximum absolute atomic E-state index is 12.7. The Labute approximate surface area is 204 Å². The van der Waals surface area contributed by atoms with Crippen LogP contribution in [0.3, 0.4) is 0 Å². The Morgan fingerprint density at radius 1 is 1.06 bits per heavy atom. The minimum Gasteiger partial charge on any atom is -0.378 e. The lowest BCUT2D eigenvalue weighted by Gasteiger charge is -2.33. The van der Waals surface area contributed by atoms with Gasteiger partial charge in [-0.25, -0.2) is 0 Å². The Morgan fingerprint density at radius 2 is 1.76 bits per heavy atom. The zero-order valence-corrected chi connectivity index (χ0v) is 21.6. The smallest absolute Gasteiger partial charge is 0.223 e. The van der Waals surface area contributed by atoms with Crippen molar-refractivity contribution in [1.82, 2.24) is 20.4 Å². The number of carbonyl (C=O) groups excluding carboxylic acids is 1. The second-order valence-corrected chi connectivity index (χ2v) is 9.82. The van der Waals surface area contributed by atoms with Gasteiger partial charge in [-0.3, -0.25) is 9.69 Å². The van der Waals surface area contributed by atoms with Crippen LogP contribution in [-0.2, 0) is 4.79 Å².